The summed E-state index contributed by atoms with van der Waals surface area (Å²) in [5, 5.41) is 3.38. The third-order valence-corrected chi connectivity index (χ3v) is 5.48. The molecular weight excluding hydrogens is 286 g/mol. The lowest BCUT2D eigenvalue weighted by atomic mass is 10.0. The fourth-order valence-electron chi connectivity index (χ4n) is 2.82. The van der Waals surface area contributed by atoms with E-state index in [1.807, 2.05) is 0 Å². The van der Waals surface area contributed by atoms with Crippen LogP contribution >= 0.6 is 12.4 Å². The zero-order valence-electron chi connectivity index (χ0n) is 11.6. The molecule has 2 heterocycles. The third kappa shape index (κ3) is 5.19. The van der Waals surface area contributed by atoms with Crippen molar-refractivity contribution in [1.82, 2.24) is 14.3 Å². The molecule has 0 amide bonds. The van der Waals surface area contributed by atoms with Crippen molar-refractivity contribution in [2.75, 3.05) is 26.2 Å². The number of rotatable bonds is 5. The van der Waals surface area contributed by atoms with E-state index in [9.17, 15) is 8.42 Å². The molecule has 1 unspecified atom stereocenters. The van der Waals surface area contributed by atoms with Crippen LogP contribution in [0.15, 0.2) is 0 Å². The summed E-state index contributed by atoms with van der Waals surface area (Å²) in [7, 11) is -3.25. The number of halogens is 1. The zero-order chi connectivity index (χ0) is 13.0. The Morgan fingerprint density at radius 1 is 1.32 bits per heavy atom. The van der Waals surface area contributed by atoms with Crippen molar-refractivity contribution in [3.8, 4) is 0 Å². The summed E-state index contributed by atoms with van der Waals surface area (Å²) in [6.45, 7) is 5.06. The van der Waals surface area contributed by atoms with E-state index in [2.05, 4.69) is 17.0 Å². The number of nitrogens with zero attached hydrogens (tertiary/aromatic N) is 1. The third-order valence-electron chi connectivity index (χ3n) is 3.90. The van der Waals surface area contributed by atoms with Crippen LogP contribution in [0, 0.1) is 5.92 Å². The molecule has 0 aliphatic carbocycles. The van der Waals surface area contributed by atoms with E-state index in [1.54, 1.807) is 4.31 Å². The van der Waals surface area contributed by atoms with Gasteiger partial charge in [0.25, 0.3) is 10.2 Å². The monoisotopic (exact) mass is 311 g/mol. The van der Waals surface area contributed by atoms with Crippen LogP contribution in [0.25, 0.3) is 0 Å². The van der Waals surface area contributed by atoms with Gasteiger partial charge in [-0.25, -0.2) is 4.72 Å². The van der Waals surface area contributed by atoms with Gasteiger partial charge in [-0.2, -0.15) is 12.7 Å². The molecule has 7 heteroatoms. The van der Waals surface area contributed by atoms with Gasteiger partial charge in [-0.15, -0.1) is 12.4 Å². The Kier molecular flexibility index (Phi) is 7.04. The second-order valence-electron chi connectivity index (χ2n) is 5.59. The van der Waals surface area contributed by atoms with Crippen LogP contribution in [0.1, 0.15) is 39.0 Å². The maximum atomic E-state index is 12.1. The smallest absolute Gasteiger partial charge is 0.279 e. The lowest BCUT2D eigenvalue weighted by Gasteiger charge is -2.30. The molecule has 19 heavy (non-hydrogen) atoms. The molecule has 0 saturated carbocycles. The first kappa shape index (κ1) is 17.2. The summed E-state index contributed by atoms with van der Waals surface area (Å²) in [5.41, 5.74) is 0. The summed E-state index contributed by atoms with van der Waals surface area (Å²) < 4.78 is 28.5. The largest absolute Gasteiger partial charge is 0.314 e. The molecule has 0 spiro atoms. The predicted octanol–water partition coefficient (Wildman–Crippen LogP) is 1.12. The van der Waals surface area contributed by atoms with Crippen molar-refractivity contribution in [2.24, 2.45) is 5.92 Å². The topological polar surface area (TPSA) is 61.4 Å². The van der Waals surface area contributed by atoms with E-state index in [1.165, 1.54) is 12.8 Å². The second kappa shape index (κ2) is 7.78. The van der Waals surface area contributed by atoms with Crippen LogP contribution in [-0.4, -0.2) is 44.9 Å². The summed E-state index contributed by atoms with van der Waals surface area (Å²) in [6.07, 6.45) is 5.39. The standard InChI is InChI=1S/C12H25N3O2S.ClH/c1-11-4-3-9-15(10-11)18(16,17)14-8-6-12-5-2-7-13-12;/h11-14H,2-10H2,1H3;1H/t11?,12-;/m1./s1. The van der Waals surface area contributed by atoms with Gasteiger partial charge < -0.3 is 5.32 Å². The number of hydrogen-bond acceptors (Lipinski definition) is 3. The molecule has 2 aliphatic heterocycles. The number of hydrogen-bond donors (Lipinski definition) is 2. The second-order valence-corrected chi connectivity index (χ2v) is 7.34. The van der Waals surface area contributed by atoms with Gasteiger partial charge in [-0.3, -0.25) is 0 Å². The van der Waals surface area contributed by atoms with Gasteiger partial charge in [0.05, 0.1) is 0 Å². The van der Waals surface area contributed by atoms with Gasteiger partial charge >= 0.3 is 0 Å². The van der Waals surface area contributed by atoms with Crippen molar-refractivity contribution < 1.29 is 8.42 Å². The van der Waals surface area contributed by atoms with Crippen LogP contribution in [0.2, 0.25) is 0 Å². The van der Waals surface area contributed by atoms with Crippen LogP contribution in [0.4, 0.5) is 0 Å². The maximum absolute atomic E-state index is 12.1. The normalized spacial score (nSPS) is 29.1. The molecule has 0 aromatic heterocycles. The van der Waals surface area contributed by atoms with Gasteiger partial charge in [0.15, 0.2) is 0 Å². The number of piperidine rings is 1. The Morgan fingerprint density at radius 2 is 2.11 bits per heavy atom. The minimum absolute atomic E-state index is 0. The molecule has 0 aromatic carbocycles. The van der Waals surface area contributed by atoms with Crippen LogP contribution in [0.3, 0.4) is 0 Å². The fraction of sp³-hybridized carbons (Fsp3) is 1.00. The van der Waals surface area contributed by atoms with E-state index in [0.29, 0.717) is 31.6 Å². The Bertz CT molecular complexity index is 358. The van der Waals surface area contributed by atoms with E-state index in [0.717, 1.165) is 25.8 Å². The highest BCUT2D eigenvalue weighted by Crippen LogP contribution is 2.17. The van der Waals surface area contributed by atoms with Gasteiger partial charge in [0, 0.05) is 25.7 Å². The van der Waals surface area contributed by atoms with Crippen LogP contribution in [-0.2, 0) is 10.2 Å². The van der Waals surface area contributed by atoms with E-state index in [4.69, 9.17) is 0 Å². The molecule has 2 rings (SSSR count). The predicted molar refractivity (Wildman–Crippen MR) is 79.8 cm³/mol. The Morgan fingerprint density at radius 3 is 2.74 bits per heavy atom. The van der Waals surface area contributed by atoms with E-state index >= 15 is 0 Å². The number of nitrogens with one attached hydrogen (secondary N) is 2. The Labute approximate surface area is 123 Å². The highest BCUT2D eigenvalue weighted by atomic mass is 35.5. The zero-order valence-corrected chi connectivity index (χ0v) is 13.2. The lowest BCUT2D eigenvalue weighted by molar-refractivity contribution is 0.278. The summed E-state index contributed by atoms with van der Waals surface area (Å²) in [5.74, 6) is 0.479. The van der Waals surface area contributed by atoms with E-state index in [-0.39, 0.29) is 12.4 Å². The molecule has 2 aliphatic rings. The molecular formula is C12H26ClN3O2S. The average Bonchev–Trinajstić information content (AvgIpc) is 2.82. The van der Waals surface area contributed by atoms with Gasteiger partial charge in [0.1, 0.15) is 0 Å². The average molecular weight is 312 g/mol. The first-order chi connectivity index (χ1) is 8.58. The summed E-state index contributed by atoms with van der Waals surface area (Å²) >= 11 is 0. The van der Waals surface area contributed by atoms with Crippen molar-refractivity contribution in [2.45, 2.75) is 45.1 Å². The summed E-state index contributed by atoms with van der Waals surface area (Å²) in [6, 6.07) is 0.493. The first-order valence-corrected chi connectivity index (χ1v) is 8.50. The van der Waals surface area contributed by atoms with E-state index < -0.39 is 10.2 Å². The molecule has 0 aromatic rings. The molecule has 2 N–H and O–H groups in total. The van der Waals surface area contributed by atoms with Crippen LogP contribution in [0.5, 0.6) is 0 Å². The van der Waals surface area contributed by atoms with Crippen molar-refractivity contribution in [3.63, 3.8) is 0 Å². The van der Waals surface area contributed by atoms with Crippen molar-refractivity contribution in [1.29, 1.82) is 0 Å². The maximum Gasteiger partial charge on any atom is 0.279 e. The van der Waals surface area contributed by atoms with Gasteiger partial charge in [0.2, 0.25) is 0 Å². The highest BCUT2D eigenvalue weighted by molar-refractivity contribution is 7.87. The molecule has 2 fully saturated rings. The molecule has 114 valence electrons. The molecule has 2 atom stereocenters. The Hall–Kier alpha value is 0.120. The molecule has 0 radical (unpaired) electrons. The van der Waals surface area contributed by atoms with Crippen molar-refractivity contribution >= 4 is 22.6 Å². The highest BCUT2D eigenvalue weighted by Gasteiger charge is 2.26. The van der Waals surface area contributed by atoms with Crippen molar-refractivity contribution in [3.05, 3.63) is 0 Å². The van der Waals surface area contributed by atoms with Gasteiger partial charge in [-0.1, -0.05) is 6.92 Å². The quantitative estimate of drug-likeness (QED) is 0.800. The van der Waals surface area contributed by atoms with Crippen LogP contribution < -0.4 is 10.0 Å². The minimum Gasteiger partial charge on any atom is -0.314 e. The SMILES string of the molecule is CC1CCCN(S(=O)(=O)NCC[C@H]2CCCN2)C1.Cl. The molecule has 2 saturated heterocycles. The Balaban J connectivity index is 0.00000180. The summed E-state index contributed by atoms with van der Waals surface area (Å²) in [4.78, 5) is 0. The lowest BCUT2D eigenvalue weighted by Crippen LogP contribution is -2.46. The fourth-order valence-corrected chi connectivity index (χ4v) is 4.20. The molecule has 0 bridgehead atoms. The minimum atomic E-state index is -3.25. The molecule has 5 nitrogen and oxygen atoms in total. The first-order valence-electron chi connectivity index (χ1n) is 7.06. The van der Waals surface area contributed by atoms with Gasteiger partial charge in [-0.05, 0) is 44.6 Å².